The van der Waals surface area contributed by atoms with Crippen LogP contribution in [0.15, 0.2) is 59.8 Å². The molecule has 0 aliphatic rings. The largest absolute Gasteiger partial charge is 0.326 e. The Labute approximate surface area is 116 Å². The van der Waals surface area contributed by atoms with Crippen LogP contribution in [0.3, 0.4) is 0 Å². The maximum Gasteiger partial charge on any atom is 0.294 e. The number of benzene rings is 2. The first-order valence-electron chi connectivity index (χ1n) is 6.00. The van der Waals surface area contributed by atoms with Crippen molar-refractivity contribution in [1.29, 1.82) is 0 Å². The number of nitrogens with zero attached hydrogens (tertiary/aromatic N) is 2. The minimum absolute atomic E-state index is 0.100. The number of imidazole rings is 1. The molecule has 0 saturated carbocycles. The maximum atomic E-state index is 11.0. The average molecular weight is 288 g/mol. The summed E-state index contributed by atoms with van der Waals surface area (Å²) in [5, 5.41) is 0. The highest BCUT2D eigenvalue weighted by Gasteiger charge is 2.09. The standard InChI is InChI=1S/C14H12N2O3S/c17-20(18,19)12-7-5-11(6-8-12)9-16-10-15-13-3-1-2-4-14(13)16/h1-8,10H,9H2,(H,17,18,19). The lowest BCUT2D eigenvalue weighted by molar-refractivity contribution is 0.483. The lowest BCUT2D eigenvalue weighted by Gasteiger charge is -2.05. The summed E-state index contributed by atoms with van der Waals surface area (Å²) < 4.78 is 32.9. The normalized spacial score (nSPS) is 11.8. The molecule has 0 amide bonds. The summed E-state index contributed by atoms with van der Waals surface area (Å²) >= 11 is 0. The van der Waals surface area contributed by atoms with E-state index >= 15 is 0 Å². The highest BCUT2D eigenvalue weighted by atomic mass is 32.2. The van der Waals surface area contributed by atoms with Crippen LogP contribution in [-0.2, 0) is 16.7 Å². The van der Waals surface area contributed by atoms with E-state index in [9.17, 15) is 8.42 Å². The van der Waals surface area contributed by atoms with Crippen LogP contribution in [-0.4, -0.2) is 22.5 Å². The monoisotopic (exact) mass is 288 g/mol. The molecule has 2 aromatic carbocycles. The van der Waals surface area contributed by atoms with Crippen molar-refractivity contribution in [3.63, 3.8) is 0 Å². The summed E-state index contributed by atoms with van der Waals surface area (Å²) in [7, 11) is -4.14. The molecule has 0 bridgehead atoms. The van der Waals surface area contributed by atoms with Crippen LogP contribution in [0, 0.1) is 0 Å². The Morgan fingerprint density at radius 2 is 1.75 bits per heavy atom. The average Bonchev–Trinajstić information content (AvgIpc) is 2.82. The molecule has 1 N–H and O–H groups in total. The molecule has 1 aromatic heterocycles. The summed E-state index contributed by atoms with van der Waals surface area (Å²) in [6, 6.07) is 13.9. The van der Waals surface area contributed by atoms with E-state index < -0.39 is 10.1 Å². The number of hydrogen-bond acceptors (Lipinski definition) is 3. The molecule has 5 nitrogen and oxygen atoms in total. The van der Waals surface area contributed by atoms with Crippen molar-refractivity contribution < 1.29 is 13.0 Å². The van der Waals surface area contributed by atoms with Gasteiger partial charge in [0.2, 0.25) is 0 Å². The summed E-state index contributed by atoms with van der Waals surface area (Å²) in [5.74, 6) is 0. The first-order valence-corrected chi connectivity index (χ1v) is 7.44. The lowest BCUT2D eigenvalue weighted by Crippen LogP contribution is -2.00. The van der Waals surface area contributed by atoms with E-state index in [1.807, 2.05) is 28.8 Å². The molecule has 0 aliphatic carbocycles. The maximum absolute atomic E-state index is 11.0. The zero-order chi connectivity index (χ0) is 14.2. The van der Waals surface area contributed by atoms with E-state index in [2.05, 4.69) is 4.98 Å². The summed E-state index contributed by atoms with van der Waals surface area (Å²) in [5.41, 5.74) is 2.87. The highest BCUT2D eigenvalue weighted by molar-refractivity contribution is 7.85. The molecule has 0 spiro atoms. The van der Waals surface area contributed by atoms with Gasteiger partial charge < -0.3 is 4.57 Å². The van der Waals surface area contributed by atoms with Crippen LogP contribution in [0.5, 0.6) is 0 Å². The summed E-state index contributed by atoms with van der Waals surface area (Å²) in [4.78, 5) is 4.20. The number of hydrogen-bond donors (Lipinski definition) is 1. The van der Waals surface area contributed by atoms with Gasteiger partial charge in [-0.1, -0.05) is 24.3 Å². The van der Waals surface area contributed by atoms with E-state index in [0.717, 1.165) is 16.6 Å². The predicted octanol–water partition coefficient (Wildman–Crippen LogP) is 2.33. The molecule has 1 heterocycles. The summed E-state index contributed by atoms with van der Waals surface area (Å²) in [6.45, 7) is 0.590. The molecule has 3 rings (SSSR count). The Hall–Kier alpha value is -2.18. The molecule has 3 aromatic rings. The second-order valence-electron chi connectivity index (χ2n) is 4.48. The Balaban J connectivity index is 1.92. The van der Waals surface area contributed by atoms with E-state index in [4.69, 9.17) is 4.55 Å². The molecule has 0 unspecified atom stereocenters. The van der Waals surface area contributed by atoms with Crippen molar-refractivity contribution in [3.05, 3.63) is 60.4 Å². The minimum atomic E-state index is -4.14. The Morgan fingerprint density at radius 1 is 1.05 bits per heavy atom. The quantitative estimate of drug-likeness (QED) is 0.751. The Morgan fingerprint density at radius 3 is 2.45 bits per heavy atom. The molecule has 0 aliphatic heterocycles. The highest BCUT2D eigenvalue weighted by Crippen LogP contribution is 2.15. The molecule has 0 fully saturated rings. The van der Waals surface area contributed by atoms with Crippen LogP contribution < -0.4 is 0 Å². The van der Waals surface area contributed by atoms with Gasteiger partial charge in [0, 0.05) is 6.54 Å². The van der Waals surface area contributed by atoms with Crippen molar-refractivity contribution in [2.45, 2.75) is 11.4 Å². The molecule has 0 atom stereocenters. The van der Waals surface area contributed by atoms with Gasteiger partial charge in [-0.05, 0) is 29.8 Å². The zero-order valence-electron chi connectivity index (χ0n) is 10.5. The number of rotatable bonds is 3. The molecule has 102 valence electrons. The molecule has 0 radical (unpaired) electrons. The molecular weight excluding hydrogens is 276 g/mol. The van der Waals surface area contributed by atoms with Crippen LogP contribution in [0.25, 0.3) is 11.0 Å². The third-order valence-electron chi connectivity index (χ3n) is 3.10. The predicted molar refractivity (Wildman–Crippen MR) is 75.1 cm³/mol. The fourth-order valence-electron chi connectivity index (χ4n) is 2.10. The fraction of sp³-hybridized carbons (Fsp3) is 0.0714. The second-order valence-corrected chi connectivity index (χ2v) is 5.90. The van der Waals surface area contributed by atoms with E-state index in [1.165, 1.54) is 12.1 Å². The Bertz CT molecular complexity index is 852. The van der Waals surface area contributed by atoms with Gasteiger partial charge in [0.15, 0.2) is 0 Å². The van der Waals surface area contributed by atoms with Gasteiger partial charge in [0.05, 0.1) is 22.3 Å². The molecule has 0 saturated heterocycles. The SMILES string of the molecule is O=S(=O)(O)c1ccc(Cn2cnc3ccccc32)cc1. The van der Waals surface area contributed by atoms with Gasteiger partial charge >= 0.3 is 0 Å². The smallest absolute Gasteiger partial charge is 0.294 e. The fourth-order valence-corrected chi connectivity index (χ4v) is 2.58. The molecule has 6 heteroatoms. The van der Waals surface area contributed by atoms with Gasteiger partial charge in [-0.3, -0.25) is 4.55 Å². The third kappa shape index (κ3) is 2.43. The second kappa shape index (κ2) is 4.73. The van der Waals surface area contributed by atoms with Gasteiger partial charge in [-0.15, -0.1) is 0 Å². The van der Waals surface area contributed by atoms with Gasteiger partial charge in [0.25, 0.3) is 10.1 Å². The number of para-hydroxylation sites is 2. The summed E-state index contributed by atoms with van der Waals surface area (Å²) in [6.07, 6.45) is 1.75. The van der Waals surface area contributed by atoms with Crippen molar-refractivity contribution in [1.82, 2.24) is 9.55 Å². The number of fused-ring (bicyclic) bond motifs is 1. The van der Waals surface area contributed by atoms with Crippen LogP contribution in [0.1, 0.15) is 5.56 Å². The first kappa shape index (κ1) is 12.8. The third-order valence-corrected chi connectivity index (χ3v) is 3.97. The first-order chi connectivity index (χ1) is 9.54. The zero-order valence-corrected chi connectivity index (χ0v) is 11.3. The molecular formula is C14H12N2O3S. The topological polar surface area (TPSA) is 72.2 Å². The van der Waals surface area contributed by atoms with E-state index in [0.29, 0.717) is 6.54 Å². The lowest BCUT2D eigenvalue weighted by atomic mass is 10.2. The van der Waals surface area contributed by atoms with Crippen molar-refractivity contribution in [2.75, 3.05) is 0 Å². The van der Waals surface area contributed by atoms with Crippen molar-refractivity contribution >= 4 is 21.2 Å². The van der Waals surface area contributed by atoms with Crippen molar-refractivity contribution in [3.8, 4) is 0 Å². The van der Waals surface area contributed by atoms with Crippen LogP contribution >= 0.6 is 0 Å². The van der Waals surface area contributed by atoms with Crippen LogP contribution in [0.4, 0.5) is 0 Å². The Kier molecular flexibility index (Phi) is 3.04. The van der Waals surface area contributed by atoms with Gasteiger partial charge in [0.1, 0.15) is 0 Å². The van der Waals surface area contributed by atoms with Gasteiger partial charge in [-0.2, -0.15) is 8.42 Å². The minimum Gasteiger partial charge on any atom is -0.326 e. The number of aromatic nitrogens is 2. The van der Waals surface area contributed by atoms with Gasteiger partial charge in [-0.25, -0.2) is 4.98 Å². The van der Waals surface area contributed by atoms with E-state index in [-0.39, 0.29) is 4.90 Å². The van der Waals surface area contributed by atoms with E-state index in [1.54, 1.807) is 18.5 Å². The van der Waals surface area contributed by atoms with Crippen molar-refractivity contribution in [2.24, 2.45) is 0 Å². The van der Waals surface area contributed by atoms with Crippen LogP contribution in [0.2, 0.25) is 0 Å². The molecule has 20 heavy (non-hydrogen) atoms.